The van der Waals surface area contributed by atoms with Gasteiger partial charge in [-0.2, -0.15) is 5.10 Å². The van der Waals surface area contributed by atoms with Crippen LogP contribution in [0.3, 0.4) is 0 Å². The second-order valence-electron chi connectivity index (χ2n) is 4.14. The normalized spacial score (nSPS) is 11.4. The lowest BCUT2D eigenvalue weighted by Gasteiger charge is -2.11. The molecule has 0 radical (unpaired) electrons. The molecule has 7 heteroatoms. The van der Waals surface area contributed by atoms with Gasteiger partial charge < -0.3 is 14.7 Å². The molecule has 1 aromatic heterocycles. The summed E-state index contributed by atoms with van der Waals surface area (Å²) in [6.07, 6.45) is 1.47. The minimum Gasteiger partial charge on any atom is -0.493 e. The summed E-state index contributed by atoms with van der Waals surface area (Å²) in [5.41, 5.74) is 1.26. The Labute approximate surface area is 116 Å². The van der Waals surface area contributed by atoms with Crippen LogP contribution in [-0.2, 0) is 13.7 Å². The van der Waals surface area contributed by atoms with E-state index in [4.69, 9.17) is 14.7 Å². The Balaban J connectivity index is 2.18. The molecule has 0 fully saturated rings. The molecule has 0 aliphatic carbocycles. The summed E-state index contributed by atoms with van der Waals surface area (Å²) < 4.78 is 12.6. The van der Waals surface area contributed by atoms with Crippen LogP contribution in [0.4, 0.5) is 0 Å². The molecule has 0 aliphatic rings. The quantitative estimate of drug-likeness (QED) is 0.509. The molecule has 0 saturated heterocycles. The molecule has 0 saturated carbocycles. The number of hydrogen-bond donors (Lipinski definition) is 1. The van der Waals surface area contributed by atoms with Gasteiger partial charge in [-0.3, -0.25) is 4.68 Å². The number of ether oxygens (including phenoxy) is 2. The molecule has 2 rings (SSSR count). The van der Waals surface area contributed by atoms with Gasteiger partial charge in [-0.05, 0) is 25.1 Å². The Morgan fingerprint density at radius 1 is 1.40 bits per heavy atom. The highest BCUT2D eigenvalue weighted by Crippen LogP contribution is 2.28. The fraction of sp³-hybridized carbons (Fsp3) is 0.308. The number of oxime groups is 1. The summed E-state index contributed by atoms with van der Waals surface area (Å²) >= 11 is 0. The van der Waals surface area contributed by atoms with Crippen LogP contribution < -0.4 is 9.47 Å². The topological polar surface area (TPSA) is 81.8 Å². The van der Waals surface area contributed by atoms with Crippen molar-refractivity contribution in [1.29, 1.82) is 0 Å². The van der Waals surface area contributed by atoms with Crippen LogP contribution in [0.5, 0.6) is 11.5 Å². The zero-order valence-corrected chi connectivity index (χ0v) is 11.6. The first-order valence-electron chi connectivity index (χ1n) is 5.98. The molecule has 0 unspecified atom stereocenters. The number of aromatic nitrogens is 3. The number of rotatable bonds is 5. The van der Waals surface area contributed by atoms with Gasteiger partial charge in [0.15, 0.2) is 17.3 Å². The van der Waals surface area contributed by atoms with Crippen molar-refractivity contribution in [2.45, 2.75) is 13.5 Å². The van der Waals surface area contributed by atoms with E-state index in [-0.39, 0.29) is 0 Å². The van der Waals surface area contributed by atoms with Crippen molar-refractivity contribution in [1.82, 2.24) is 14.8 Å². The van der Waals surface area contributed by atoms with Crippen molar-refractivity contribution >= 4 is 5.71 Å². The van der Waals surface area contributed by atoms with Crippen LogP contribution >= 0.6 is 0 Å². The zero-order chi connectivity index (χ0) is 14.5. The van der Waals surface area contributed by atoms with Crippen molar-refractivity contribution < 1.29 is 14.7 Å². The highest BCUT2D eigenvalue weighted by atomic mass is 16.5. The Hall–Kier alpha value is -2.57. The van der Waals surface area contributed by atoms with E-state index >= 15 is 0 Å². The third-order valence-electron chi connectivity index (χ3n) is 2.89. The van der Waals surface area contributed by atoms with Crippen LogP contribution in [0, 0.1) is 0 Å². The fourth-order valence-electron chi connectivity index (χ4n) is 1.66. The largest absolute Gasteiger partial charge is 0.493 e. The summed E-state index contributed by atoms with van der Waals surface area (Å²) in [6, 6.07) is 5.31. The van der Waals surface area contributed by atoms with Gasteiger partial charge in [-0.1, -0.05) is 5.16 Å². The molecule has 1 N–H and O–H groups in total. The van der Waals surface area contributed by atoms with Crippen molar-refractivity contribution in [3.8, 4) is 11.5 Å². The molecule has 106 valence electrons. The molecular formula is C13H16N4O3. The average molecular weight is 276 g/mol. The predicted molar refractivity (Wildman–Crippen MR) is 72.3 cm³/mol. The molecule has 1 aromatic carbocycles. The van der Waals surface area contributed by atoms with Gasteiger partial charge in [-0.15, -0.1) is 0 Å². The third-order valence-corrected chi connectivity index (χ3v) is 2.89. The van der Waals surface area contributed by atoms with Gasteiger partial charge in [0, 0.05) is 12.6 Å². The minimum absolute atomic E-state index is 0.291. The number of hydrogen-bond acceptors (Lipinski definition) is 6. The van der Waals surface area contributed by atoms with Gasteiger partial charge >= 0.3 is 0 Å². The highest BCUT2D eigenvalue weighted by molar-refractivity contribution is 5.98. The first-order valence-corrected chi connectivity index (χ1v) is 5.98. The summed E-state index contributed by atoms with van der Waals surface area (Å²) in [7, 11) is 3.35. The summed E-state index contributed by atoms with van der Waals surface area (Å²) in [5.74, 6) is 1.86. The van der Waals surface area contributed by atoms with E-state index in [1.807, 2.05) is 0 Å². The first-order chi connectivity index (χ1) is 9.65. The molecule has 2 aromatic rings. The van der Waals surface area contributed by atoms with Gasteiger partial charge in [0.1, 0.15) is 12.9 Å². The predicted octanol–water partition coefficient (Wildman–Crippen LogP) is 1.60. The highest BCUT2D eigenvalue weighted by Gasteiger charge is 2.09. The summed E-state index contributed by atoms with van der Waals surface area (Å²) in [5, 5.41) is 15.9. The molecule has 0 aliphatic heterocycles. The van der Waals surface area contributed by atoms with Crippen molar-refractivity contribution in [3.05, 3.63) is 35.9 Å². The van der Waals surface area contributed by atoms with Crippen LogP contribution in [-0.4, -0.2) is 32.8 Å². The lowest BCUT2D eigenvalue weighted by molar-refractivity contribution is 0.271. The average Bonchev–Trinajstić information content (AvgIpc) is 2.89. The van der Waals surface area contributed by atoms with Crippen LogP contribution in [0.1, 0.15) is 18.3 Å². The second kappa shape index (κ2) is 6.05. The van der Waals surface area contributed by atoms with Crippen molar-refractivity contribution in [2.24, 2.45) is 12.2 Å². The SMILES string of the molecule is COc1cc(C(C)=NO)ccc1OCc1ncnn1C. The number of benzene rings is 1. The van der Waals surface area contributed by atoms with Crippen molar-refractivity contribution in [2.75, 3.05) is 7.11 Å². The molecule has 0 amide bonds. The van der Waals surface area contributed by atoms with Crippen LogP contribution in [0.25, 0.3) is 0 Å². The lowest BCUT2D eigenvalue weighted by Crippen LogP contribution is -2.05. The van der Waals surface area contributed by atoms with Gasteiger partial charge in [-0.25, -0.2) is 4.98 Å². The maximum absolute atomic E-state index is 8.78. The van der Waals surface area contributed by atoms with Gasteiger partial charge in [0.25, 0.3) is 0 Å². The smallest absolute Gasteiger partial charge is 0.164 e. The first kappa shape index (κ1) is 13.9. The molecule has 7 nitrogen and oxygen atoms in total. The van der Waals surface area contributed by atoms with E-state index in [1.165, 1.54) is 6.33 Å². The van der Waals surface area contributed by atoms with Crippen LogP contribution in [0.2, 0.25) is 0 Å². The maximum Gasteiger partial charge on any atom is 0.164 e. The van der Waals surface area contributed by atoms with E-state index in [0.717, 1.165) is 5.56 Å². The fourth-order valence-corrected chi connectivity index (χ4v) is 1.66. The maximum atomic E-state index is 8.78. The monoisotopic (exact) mass is 276 g/mol. The summed E-state index contributed by atoms with van der Waals surface area (Å²) in [4.78, 5) is 4.08. The van der Waals surface area contributed by atoms with Gasteiger partial charge in [0.05, 0.1) is 12.8 Å². The molecule has 0 bridgehead atoms. The Kier molecular flexibility index (Phi) is 4.19. The second-order valence-corrected chi connectivity index (χ2v) is 4.14. The molecular weight excluding hydrogens is 260 g/mol. The van der Waals surface area contributed by atoms with Gasteiger partial charge in [0.2, 0.25) is 0 Å². The molecule has 0 spiro atoms. The zero-order valence-electron chi connectivity index (χ0n) is 11.6. The van der Waals surface area contributed by atoms with E-state index in [9.17, 15) is 0 Å². The number of methoxy groups -OCH3 is 1. The standard InChI is InChI=1S/C13H16N4O3/c1-9(16-18)10-4-5-11(12(6-10)19-3)20-7-13-14-8-15-17(13)2/h4-6,8,18H,7H2,1-3H3. The third kappa shape index (κ3) is 2.87. The van der Waals surface area contributed by atoms with E-state index in [2.05, 4.69) is 15.2 Å². The molecule has 0 atom stereocenters. The van der Waals surface area contributed by atoms with E-state index in [1.54, 1.807) is 44.0 Å². The van der Waals surface area contributed by atoms with Crippen LogP contribution in [0.15, 0.2) is 29.7 Å². The number of nitrogens with zero attached hydrogens (tertiary/aromatic N) is 4. The van der Waals surface area contributed by atoms with E-state index in [0.29, 0.717) is 29.6 Å². The lowest BCUT2D eigenvalue weighted by atomic mass is 10.1. The molecule has 20 heavy (non-hydrogen) atoms. The Bertz CT molecular complexity index is 622. The Morgan fingerprint density at radius 3 is 2.80 bits per heavy atom. The van der Waals surface area contributed by atoms with Crippen molar-refractivity contribution in [3.63, 3.8) is 0 Å². The minimum atomic E-state index is 0.291. The Morgan fingerprint density at radius 2 is 2.20 bits per heavy atom. The molecule has 1 heterocycles. The summed E-state index contributed by atoms with van der Waals surface area (Å²) in [6.45, 7) is 1.99. The van der Waals surface area contributed by atoms with E-state index < -0.39 is 0 Å². The number of aryl methyl sites for hydroxylation is 1.